The topological polar surface area (TPSA) is 125 Å². The number of H-pyrrole nitrogens is 1. The molecule has 0 unspecified atom stereocenters. The van der Waals surface area contributed by atoms with E-state index in [1.54, 1.807) is 35.5 Å². The normalized spacial score (nSPS) is 14.3. The Hall–Kier alpha value is -4.47. The first-order chi connectivity index (χ1) is 18.2. The summed E-state index contributed by atoms with van der Waals surface area (Å²) in [6.45, 7) is 6.64. The minimum absolute atomic E-state index is 0.0128. The minimum Gasteiger partial charge on any atom is -0.444 e. The van der Waals surface area contributed by atoms with Gasteiger partial charge in [0.25, 0.3) is 5.91 Å². The number of likely N-dealkylation sites (tertiary alicyclic amines) is 1. The van der Waals surface area contributed by atoms with Gasteiger partial charge >= 0.3 is 6.09 Å². The minimum atomic E-state index is -0.527. The van der Waals surface area contributed by atoms with Gasteiger partial charge in [0, 0.05) is 47.5 Å². The first-order valence-electron chi connectivity index (χ1n) is 12.7. The van der Waals surface area contributed by atoms with Crippen LogP contribution >= 0.6 is 0 Å². The third-order valence-electron chi connectivity index (χ3n) is 6.23. The molecule has 5 rings (SSSR count). The van der Waals surface area contributed by atoms with E-state index < -0.39 is 5.60 Å². The maximum absolute atomic E-state index is 13.0. The van der Waals surface area contributed by atoms with E-state index in [0.29, 0.717) is 43.1 Å². The van der Waals surface area contributed by atoms with Gasteiger partial charge in [-0.25, -0.2) is 14.8 Å². The Morgan fingerprint density at radius 2 is 1.89 bits per heavy atom. The van der Waals surface area contributed by atoms with Gasteiger partial charge in [-0.3, -0.25) is 9.89 Å². The number of benzene rings is 2. The lowest BCUT2D eigenvalue weighted by atomic mass is 10.0. The number of rotatable bonds is 5. The van der Waals surface area contributed by atoms with Crippen LogP contribution in [0.4, 0.5) is 16.3 Å². The Bertz CT molecular complexity index is 1450. The predicted molar refractivity (Wildman–Crippen MR) is 145 cm³/mol. The van der Waals surface area contributed by atoms with Crippen LogP contribution in [-0.4, -0.2) is 61.8 Å². The molecule has 2 amide bonds. The number of amides is 2. The van der Waals surface area contributed by atoms with E-state index in [1.807, 2.05) is 51.1 Å². The van der Waals surface area contributed by atoms with Crippen molar-refractivity contribution < 1.29 is 14.3 Å². The zero-order valence-corrected chi connectivity index (χ0v) is 21.7. The van der Waals surface area contributed by atoms with Crippen LogP contribution in [0, 0.1) is 0 Å². The first-order valence-corrected chi connectivity index (χ1v) is 12.7. The van der Waals surface area contributed by atoms with Crippen LogP contribution in [0.3, 0.4) is 0 Å². The van der Waals surface area contributed by atoms with E-state index in [4.69, 9.17) is 4.74 Å². The summed E-state index contributed by atoms with van der Waals surface area (Å²) in [4.78, 5) is 36.1. The molecule has 1 aliphatic heterocycles. The van der Waals surface area contributed by atoms with Gasteiger partial charge in [0.15, 0.2) is 5.82 Å². The second-order valence-corrected chi connectivity index (χ2v) is 10.4. The number of aromatic nitrogens is 4. The number of fused-ring (bicyclic) bond motifs is 1. The molecule has 2 aromatic heterocycles. The molecule has 1 aliphatic rings. The van der Waals surface area contributed by atoms with Crippen molar-refractivity contribution in [2.45, 2.75) is 45.3 Å². The molecule has 1 saturated heterocycles. The van der Waals surface area contributed by atoms with Crippen molar-refractivity contribution >= 4 is 34.4 Å². The summed E-state index contributed by atoms with van der Waals surface area (Å²) >= 11 is 0. The number of hydrogen-bond acceptors (Lipinski definition) is 7. The molecule has 10 heteroatoms. The number of piperidine rings is 1. The highest BCUT2D eigenvalue weighted by Crippen LogP contribution is 2.23. The Labute approximate surface area is 220 Å². The fourth-order valence-electron chi connectivity index (χ4n) is 4.34. The number of aromatic amines is 1. The lowest BCUT2D eigenvalue weighted by Crippen LogP contribution is -2.47. The van der Waals surface area contributed by atoms with Crippen molar-refractivity contribution in [2.75, 3.05) is 18.4 Å². The number of carbonyl (C=O) groups excluding carboxylic acids is 2. The predicted octanol–water partition coefficient (Wildman–Crippen LogP) is 4.89. The van der Waals surface area contributed by atoms with Crippen molar-refractivity contribution in [3.8, 4) is 11.4 Å². The number of nitrogens with one attached hydrogen (secondary N) is 3. The fourth-order valence-corrected chi connectivity index (χ4v) is 4.34. The maximum Gasteiger partial charge on any atom is 0.410 e. The van der Waals surface area contributed by atoms with Crippen LogP contribution in [0.15, 0.2) is 60.9 Å². The zero-order valence-electron chi connectivity index (χ0n) is 21.7. The quantitative estimate of drug-likeness (QED) is 0.347. The highest BCUT2D eigenvalue weighted by atomic mass is 16.6. The fraction of sp³-hybridized carbons (Fsp3) is 0.321. The summed E-state index contributed by atoms with van der Waals surface area (Å²) in [6, 6.07) is 15.0. The Morgan fingerprint density at radius 1 is 1.08 bits per heavy atom. The second-order valence-electron chi connectivity index (χ2n) is 10.4. The molecule has 0 radical (unpaired) electrons. The molecular weight excluding hydrogens is 482 g/mol. The van der Waals surface area contributed by atoms with Gasteiger partial charge in [0.05, 0.1) is 11.7 Å². The molecule has 10 nitrogen and oxygen atoms in total. The van der Waals surface area contributed by atoms with Crippen molar-refractivity contribution in [1.29, 1.82) is 0 Å². The molecule has 196 valence electrons. The molecule has 3 heterocycles. The molecular formula is C28H31N7O3. The van der Waals surface area contributed by atoms with Gasteiger partial charge in [0.1, 0.15) is 11.4 Å². The zero-order chi connectivity index (χ0) is 26.7. The summed E-state index contributed by atoms with van der Waals surface area (Å²) in [5.41, 5.74) is 2.59. The van der Waals surface area contributed by atoms with Crippen LogP contribution in [0.2, 0.25) is 0 Å². The number of nitrogens with zero attached hydrogens (tertiary/aromatic N) is 4. The Morgan fingerprint density at radius 3 is 2.68 bits per heavy atom. The number of anilines is 2. The monoisotopic (exact) mass is 513 g/mol. The van der Waals surface area contributed by atoms with Gasteiger partial charge in [0.2, 0.25) is 0 Å². The van der Waals surface area contributed by atoms with E-state index in [9.17, 15) is 9.59 Å². The van der Waals surface area contributed by atoms with Crippen LogP contribution in [0.25, 0.3) is 22.3 Å². The van der Waals surface area contributed by atoms with Gasteiger partial charge in [-0.2, -0.15) is 5.10 Å². The van der Waals surface area contributed by atoms with Gasteiger partial charge < -0.3 is 20.3 Å². The van der Waals surface area contributed by atoms with Crippen LogP contribution in [0.1, 0.15) is 44.0 Å². The lowest BCUT2D eigenvalue weighted by molar-refractivity contribution is 0.0199. The third kappa shape index (κ3) is 6.08. The van der Waals surface area contributed by atoms with E-state index in [2.05, 4.69) is 30.8 Å². The average molecular weight is 514 g/mol. The molecule has 2 aromatic carbocycles. The van der Waals surface area contributed by atoms with E-state index in [-0.39, 0.29) is 18.0 Å². The van der Waals surface area contributed by atoms with E-state index >= 15 is 0 Å². The van der Waals surface area contributed by atoms with Gasteiger partial charge in [-0.15, -0.1) is 0 Å². The largest absolute Gasteiger partial charge is 0.444 e. The SMILES string of the molecule is CC(C)(C)OC(=O)N1CCC(NC(=O)c2cccc(-c3nccc(Nc4ccc5[nH]ncc5c4)n3)c2)CC1. The lowest BCUT2D eigenvalue weighted by Gasteiger charge is -2.33. The van der Waals surface area contributed by atoms with Gasteiger partial charge in [-0.05, 0) is 70.0 Å². The summed E-state index contributed by atoms with van der Waals surface area (Å²) in [5.74, 6) is 0.995. The molecule has 1 fully saturated rings. The first kappa shape index (κ1) is 25.2. The Kier molecular flexibility index (Phi) is 6.95. The van der Waals surface area contributed by atoms with Crippen molar-refractivity contribution in [1.82, 2.24) is 30.4 Å². The van der Waals surface area contributed by atoms with Crippen molar-refractivity contribution in [3.63, 3.8) is 0 Å². The number of carbonyl (C=O) groups is 2. The molecule has 0 aliphatic carbocycles. The molecule has 3 N–H and O–H groups in total. The average Bonchev–Trinajstić information content (AvgIpc) is 3.36. The highest BCUT2D eigenvalue weighted by Gasteiger charge is 2.27. The summed E-state index contributed by atoms with van der Waals surface area (Å²) < 4.78 is 5.45. The molecule has 0 bridgehead atoms. The molecule has 0 atom stereocenters. The number of ether oxygens (including phenoxy) is 1. The standard InChI is InChI=1S/C28H31N7O3/c1-28(2,3)38-27(37)35-13-10-21(11-14-35)32-26(36)19-6-4-5-18(15-19)25-29-12-9-24(33-25)31-22-7-8-23-20(16-22)17-30-34-23/h4-9,12,15-17,21H,10-11,13-14H2,1-3H3,(H,30,34)(H,32,36)(H,29,31,33). The molecule has 4 aromatic rings. The molecule has 0 spiro atoms. The van der Waals surface area contributed by atoms with Crippen LogP contribution in [-0.2, 0) is 4.74 Å². The second kappa shape index (κ2) is 10.5. The van der Waals surface area contributed by atoms with E-state index in [1.165, 1.54) is 0 Å². The summed E-state index contributed by atoms with van der Waals surface area (Å²) in [7, 11) is 0. The van der Waals surface area contributed by atoms with Gasteiger partial charge in [-0.1, -0.05) is 12.1 Å². The highest BCUT2D eigenvalue weighted by molar-refractivity contribution is 5.95. The molecule has 38 heavy (non-hydrogen) atoms. The number of hydrogen-bond donors (Lipinski definition) is 3. The Balaban J connectivity index is 1.21. The smallest absolute Gasteiger partial charge is 0.410 e. The molecule has 0 saturated carbocycles. The maximum atomic E-state index is 13.0. The third-order valence-corrected chi connectivity index (χ3v) is 6.23. The summed E-state index contributed by atoms with van der Waals surface area (Å²) in [5, 5.41) is 14.4. The van der Waals surface area contributed by atoms with Crippen molar-refractivity contribution in [2.24, 2.45) is 0 Å². The van der Waals surface area contributed by atoms with Crippen molar-refractivity contribution in [3.05, 3.63) is 66.5 Å². The van der Waals surface area contributed by atoms with Crippen LogP contribution < -0.4 is 10.6 Å². The summed E-state index contributed by atoms with van der Waals surface area (Å²) in [6.07, 6.45) is 4.49. The van der Waals surface area contributed by atoms with Crippen LogP contribution in [0.5, 0.6) is 0 Å². The van der Waals surface area contributed by atoms with E-state index in [0.717, 1.165) is 22.2 Å².